The third-order valence-electron chi connectivity index (χ3n) is 2.83. The zero-order chi connectivity index (χ0) is 16.2. The van der Waals surface area contributed by atoms with Crippen molar-refractivity contribution >= 4 is 21.6 Å². The summed E-state index contributed by atoms with van der Waals surface area (Å²) < 4.78 is 35.2. The maximum Gasteiger partial charge on any atom is 0.242 e. The van der Waals surface area contributed by atoms with E-state index in [1.165, 1.54) is 19.1 Å². The fraction of sp³-hybridized carbons (Fsp3) is 0.462. The maximum atomic E-state index is 12.0. The van der Waals surface area contributed by atoms with Gasteiger partial charge in [-0.25, -0.2) is 8.42 Å². The van der Waals surface area contributed by atoms with Crippen LogP contribution in [0, 0.1) is 0 Å². The lowest BCUT2D eigenvalue weighted by Gasteiger charge is -2.25. The van der Waals surface area contributed by atoms with Gasteiger partial charge in [0, 0.05) is 20.2 Å². The molecule has 0 radical (unpaired) electrons. The first-order valence-electron chi connectivity index (χ1n) is 6.10. The summed E-state index contributed by atoms with van der Waals surface area (Å²) in [4.78, 5) is 13.2. The molecule has 1 aromatic rings. The Balaban J connectivity index is 3.30. The van der Waals surface area contributed by atoms with E-state index in [4.69, 9.17) is 9.47 Å². The monoisotopic (exact) mass is 316 g/mol. The molecule has 0 spiro atoms. The lowest BCUT2D eigenvalue weighted by atomic mass is 10.2. The van der Waals surface area contributed by atoms with Crippen molar-refractivity contribution in [1.82, 2.24) is 4.90 Å². The van der Waals surface area contributed by atoms with Gasteiger partial charge in [-0.05, 0) is 12.1 Å². The molecular formula is C13H20N2O5S. The van der Waals surface area contributed by atoms with Crippen LogP contribution < -0.4 is 13.8 Å². The Hall–Kier alpha value is -1.96. The molecule has 1 rings (SSSR count). The number of methoxy groups -OCH3 is 2. The SMILES string of the molecule is COc1ccc(N(CC(=O)N(C)C)S(C)(=O)=O)c(OC)c1. The van der Waals surface area contributed by atoms with Gasteiger partial charge in [0.15, 0.2) is 0 Å². The zero-order valence-electron chi connectivity index (χ0n) is 12.8. The minimum atomic E-state index is -3.63. The molecule has 0 aliphatic rings. The van der Waals surface area contributed by atoms with E-state index in [2.05, 4.69) is 0 Å². The van der Waals surface area contributed by atoms with Crippen molar-refractivity contribution in [2.45, 2.75) is 0 Å². The fourth-order valence-electron chi connectivity index (χ4n) is 1.64. The molecule has 7 nitrogen and oxygen atoms in total. The quantitative estimate of drug-likeness (QED) is 0.766. The van der Waals surface area contributed by atoms with Crippen LogP contribution in [0.4, 0.5) is 5.69 Å². The number of sulfonamides is 1. The van der Waals surface area contributed by atoms with Crippen LogP contribution in [-0.2, 0) is 14.8 Å². The van der Waals surface area contributed by atoms with E-state index in [1.807, 2.05) is 0 Å². The standard InChI is InChI=1S/C13H20N2O5S/c1-14(2)13(16)9-15(21(5,17)18)11-7-6-10(19-3)8-12(11)20-4/h6-8H,9H2,1-5H3. The topological polar surface area (TPSA) is 76.2 Å². The van der Waals surface area contributed by atoms with Gasteiger partial charge in [-0.2, -0.15) is 0 Å². The number of hydrogen-bond donors (Lipinski definition) is 0. The first-order chi connectivity index (χ1) is 9.70. The van der Waals surface area contributed by atoms with Crippen LogP contribution in [0.25, 0.3) is 0 Å². The van der Waals surface area contributed by atoms with E-state index in [1.54, 1.807) is 32.3 Å². The fourth-order valence-corrected chi connectivity index (χ4v) is 2.49. The zero-order valence-corrected chi connectivity index (χ0v) is 13.6. The first kappa shape index (κ1) is 17.1. The second kappa shape index (κ2) is 6.66. The van der Waals surface area contributed by atoms with Crippen LogP contribution in [0.5, 0.6) is 11.5 Å². The lowest BCUT2D eigenvalue weighted by Crippen LogP contribution is -2.40. The first-order valence-corrected chi connectivity index (χ1v) is 7.95. The number of rotatable bonds is 6. The highest BCUT2D eigenvalue weighted by Crippen LogP contribution is 2.33. The molecular weight excluding hydrogens is 296 g/mol. The van der Waals surface area contributed by atoms with Gasteiger partial charge in [0.25, 0.3) is 0 Å². The van der Waals surface area contributed by atoms with Crippen molar-refractivity contribution < 1.29 is 22.7 Å². The summed E-state index contributed by atoms with van der Waals surface area (Å²) in [6.45, 7) is -0.297. The smallest absolute Gasteiger partial charge is 0.242 e. The summed E-state index contributed by atoms with van der Waals surface area (Å²) in [7, 11) is 2.41. The van der Waals surface area contributed by atoms with Crippen molar-refractivity contribution in [3.8, 4) is 11.5 Å². The summed E-state index contributed by atoms with van der Waals surface area (Å²) in [6, 6.07) is 4.71. The Morgan fingerprint density at radius 3 is 2.24 bits per heavy atom. The molecule has 1 aromatic carbocycles. The molecule has 8 heteroatoms. The van der Waals surface area contributed by atoms with Crippen LogP contribution in [0.1, 0.15) is 0 Å². The molecule has 1 amide bonds. The Bertz CT molecular complexity index is 613. The van der Waals surface area contributed by atoms with Gasteiger partial charge in [-0.3, -0.25) is 9.10 Å². The number of carbonyl (C=O) groups is 1. The second-order valence-electron chi connectivity index (χ2n) is 4.60. The summed E-state index contributed by atoms with van der Waals surface area (Å²) in [5.41, 5.74) is 0.288. The number of hydrogen-bond acceptors (Lipinski definition) is 5. The van der Waals surface area contributed by atoms with Crippen molar-refractivity contribution in [2.75, 3.05) is 45.4 Å². The minimum Gasteiger partial charge on any atom is -0.497 e. The molecule has 118 valence electrons. The van der Waals surface area contributed by atoms with E-state index < -0.39 is 10.0 Å². The van der Waals surface area contributed by atoms with E-state index in [9.17, 15) is 13.2 Å². The second-order valence-corrected chi connectivity index (χ2v) is 6.50. The van der Waals surface area contributed by atoms with Gasteiger partial charge in [-0.15, -0.1) is 0 Å². The van der Waals surface area contributed by atoms with E-state index >= 15 is 0 Å². The average Bonchev–Trinajstić information content (AvgIpc) is 2.42. The number of ether oxygens (including phenoxy) is 2. The largest absolute Gasteiger partial charge is 0.497 e. The predicted octanol–water partition coefficient (Wildman–Crippen LogP) is 0.558. The van der Waals surface area contributed by atoms with Gasteiger partial charge < -0.3 is 14.4 Å². The Morgan fingerprint density at radius 1 is 1.19 bits per heavy atom. The van der Waals surface area contributed by atoms with Crippen molar-refractivity contribution in [3.63, 3.8) is 0 Å². The third kappa shape index (κ3) is 4.25. The molecule has 0 aliphatic heterocycles. The van der Waals surface area contributed by atoms with E-state index in [-0.39, 0.29) is 18.1 Å². The molecule has 0 saturated heterocycles. The average molecular weight is 316 g/mol. The number of benzene rings is 1. The van der Waals surface area contributed by atoms with Crippen molar-refractivity contribution in [3.05, 3.63) is 18.2 Å². The minimum absolute atomic E-state index is 0.288. The molecule has 0 N–H and O–H groups in total. The van der Waals surface area contributed by atoms with Crippen LogP contribution in [0.15, 0.2) is 18.2 Å². The third-order valence-corrected chi connectivity index (χ3v) is 3.96. The van der Waals surface area contributed by atoms with Crippen molar-refractivity contribution in [2.24, 2.45) is 0 Å². The number of carbonyl (C=O) groups excluding carboxylic acids is 1. The van der Waals surface area contributed by atoms with Crippen LogP contribution in [0.2, 0.25) is 0 Å². The molecule has 0 atom stereocenters. The Kier molecular flexibility index (Phi) is 5.42. The van der Waals surface area contributed by atoms with Crippen LogP contribution in [-0.4, -0.2) is 60.3 Å². The molecule has 0 aliphatic carbocycles. The molecule has 0 saturated carbocycles. The van der Waals surface area contributed by atoms with Crippen LogP contribution >= 0.6 is 0 Å². The van der Waals surface area contributed by atoms with Gasteiger partial charge in [0.2, 0.25) is 15.9 Å². The number of anilines is 1. The summed E-state index contributed by atoms with van der Waals surface area (Å²) in [6.07, 6.45) is 1.04. The van der Waals surface area contributed by atoms with Gasteiger partial charge in [-0.1, -0.05) is 0 Å². The summed E-state index contributed by atoms with van der Waals surface area (Å²) in [5.74, 6) is 0.507. The van der Waals surface area contributed by atoms with Gasteiger partial charge in [0.05, 0.1) is 26.2 Å². The molecule has 0 heterocycles. The highest BCUT2D eigenvalue weighted by atomic mass is 32.2. The van der Waals surface area contributed by atoms with Gasteiger partial charge in [0.1, 0.15) is 18.0 Å². The number of amides is 1. The highest BCUT2D eigenvalue weighted by molar-refractivity contribution is 7.92. The molecule has 0 bridgehead atoms. The molecule has 0 unspecified atom stereocenters. The number of likely N-dealkylation sites (N-methyl/N-ethyl adjacent to an activating group) is 1. The van der Waals surface area contributed by atoms with Gasteiger partial charge >= 0.3 is 0 Å². The highest BCUT2D eigenvalue weighted by Gasteiger charge is 2.24. The normalized spacial score (nSPS) is 10.9. The lowest BCUT2D eigenvalue weighted by molar-refractivity contribution is -0.127. The predicted molar refractivity (Wildman–Crippen MR) is 80.4 cm³/mol. The Labute approximate surface area is 125 Å². The summed E-state index contributed by atoms with van der Waals surface area (Å²) in [5, 5.41) is 0. The van der Waals surface area contributed by atoms with Crippen LogP contribution in [0.3, 0.4) is 0 Å². The molecule has 0 fully saturated rings. The number of nitrogens with zero attached hydrogens (tertiary/aromatic N) is 2. The molecule has 21 heavy (non-hydrogen) atoms. The summed E-state index contributed by atoms with van der Waals surface area (Å²) >= 11 is 0. The van der Waals surface area contributed by atoms with E-state index in [0.29, 0.717) is 11.5 Å². The van der Waals surface area contributed by atoms with E-state index in [0.717, 1.165) is 10.6 Å². The maximum absolute atomic E-state index is 12.0. The molecule has 0 aromatic heterocycles. The Morgan fingerprint density at radius 2 is 1.81 bits per heavy atom. The van der Waals surface area contributed by atoms with Crippen molar-refractivity contribution in [1.29, 1.82) is 0 Å².